The lowest BCUT2D eigenvalue weighted by Gasteiger charge is -2.09. The van der Waals surface area contributed by atoms with Gasteiger partial charge in [0.25, 0.3) is 0 Å². The largest absolute Gasteiger partial charge is 0.495 e. The van der Waals surface area contributed by atoms with Crippen molar-refractivity contribution in [2.24, 2.45) is 17.0 Å². The average molecular weight is 312 g/mol. The van der Waals surface area contributed by atoms with Gasteiger partial charge in [0.05, 0.1) is 13.5 Å². The molecule has 0 bridgehead atoms. The molecule has 2 unspecified atom stereocenters. The number of sulfonamides is 1. The van der Waals surface area contributed by atoms with E-state index in [-0.39, 0.29) is 23.0 Å². The van der Waals surface area contributed by atoms with E-state index < -0.39 is 10.0 Å². The summed E-state index contributed by atoms with van der Waals surface area (Å²) in [5, 5.41) is 8.01. The van der Waals surface area contributed by atoms with Gasteiger partial charge in [-0.25, -0.2) is 13.6 Å². The van der Waals surface area contributed by atoms with Crippen LogP contribution in [0.2, 0.25) is 0 Å². The number of ether oxygens (including phenoxy) is 1. The molecule has 1 amide bonds. The lowest BCUT2D eigenvalue weighted by Crippen LogP contribution is -2.27. The Balaban J connectivity index is 2.04. The Morgan fingerprint density at radius 1 is 1.48 bits per heavy atom. The average Bonchev–Trinajstić information content (AvgIpc) is 3.11. The van der Waals surface area contributed by atoms with Crippen molar-refractivity contribution >= 4 is 15.9 Å². The van der Waals surface area contributed by atoms with Crippen molar-refractivity contribution in [2.45, 2.75) is 24.7 Å². The number of hydrogen-bond donors (Lipinski definition) is 2. The molecule has 6 nitrogen and oxygen atoms in total. The predicted octanol–water partition coefficient (Wildman–Crippen LogP) is 0.657. The van der Waals surface area contributed by atoms with Crippen LogP contribution < -0.4 is 15.2 Å². The molecule has 0 aromatic heterocycles. The summed E-state index contributed by atoms with van der Waals surface area (Å²) in [6.45, 7) is 2.83. The summed E-state index contributed by atoms with van der Waals surface area (Å²) < 4.78 is 28.0. The maximum absolute atomic E-state index is 11.8. The van der Waals surface area contributed by atoms with Crippen LogP contribution in [-0.4, -0.2) is 28.0 Å². The minimum absolute atomic E-state index is 0.105. The van der Waals surface area contributed by atoms with E-state index in [1.807, 2.05) is 0 Å². The number of carbonyl (C=O) groups excluding carboxylic acids is 1. The monoisotopic (exact) mass is 312 g/mol. The number of hydrogen-bond acceptors (Lipinski definition) is 4. The van der Waals surface area contributed by atoms with Crippen LogP contribution in [0.4, 0.5) is 0 Å². The summed E-state index contributed by atoms with van der Waals surface area (Å²) in [6, 6.07) is 4.55. The molecule has 3 N–H and O–H groups in total. The van der Waals surface area contributed by atoms with E-state index in [1.165, 1.54) is 19.2 Å². The molecule has 2 atom stereocenters. The van der Waals surface area contributed by atoms with Crippen LogP contribution in [-0.2, 0) is 21.2 Å². The third-order valence-electron chi connectivity index (χ3n) is 3.74. The molecular formula is C14H20N2O4S. The first-order valence-electron chi connectivity index (χ1n) is 6.77. The Kier molecular flexibility index (Phi) is 4.53. The van der Waals surface area contributed by atoms with E-state index in [0.717, 1.165) is 6.42 Å². The maximum atomic E-state index is 11.8. The second-order valence-corrected chi connectivity index (χ2v) is 7.01. The van der Waals surface area contributed by atoms with Gasteiger partial charge < -0.3 is 10.1 Å². The highest BCUT2D eigenvalue weighted by atomic mass is 32.2. The number of benzene rings is 1. The van der Waals surface area contributed by atoms with Gasteiger partial charge in [0.2, 0.25) is 15.9 Å². The number of carbonyl (C=O) groups is 1. The van der Waals surface area contributed by atoms with E-state index in [9.17, 15) is 13.2 Å². The van der Waals surface area contributed by atoms with Gasteiger partial charge in [0, 0.05) is 6.54 Å². The molecule has 0 aliphatic heterocycles. The fourth-order valence-electron chi connectivity index (χ4n) is 2.23. The van der Waals surface area contributed by atoms with E-state index in [2.05, 4.69) is 12.2 Å². The maximum Gasteiger partial charge on any atom is 0.241 e. The Labute approximate surface area is 124 Å². The van der Waals surface area contributed by atoms with Crippen LogP contribution in [0.3, 0.4) is 0 Å². The molecule has 7 heteroatoms. The Morgan fingerprint density at radius 2 is 2.14 bits per heavy atom. The van der Waals surface area contributed by atoms with Gasteiger partial charge in [0.1, 0.15) is 10.6 Å². The molecule has 21 heavy (non-hydrogen) atoms. The lowest BCUT2D eigenvalue weighted by molar-refractivity contribution is -0.120. The summed E-state index contributed by atoms with van der Waals surface area (Å²) in [7, 11) is -2.52. The van der Waals surface area contributed by atoms with E-state index in [1.54, 1.807) is 6.07 Å². The predicted molar refractivity (Wildman–Crippen MR) is 78.4 cm³/mol. The molecule has 0 heterocycles. The molecule has 0 spiro atoms. The fourth-order valence-corrected chi connectivity index (χ4v) is 2.98. The first-order chi connectivity index (χ1) is 9.81. The summed E-state index contributed by atoms with van der Waals surface area (Å²) >= 11 is 0. The molecule has 1 aromatic rings. The van der Waals surface area contributed by atoms with Crippen molar-refractivity contribution in [1.29, 1.82) is 0 Å². The molecule has 1 aliphatic carbocycles. The normalized spacial score (nSPS) is 20.9. The zero-order valence-corrected chi connectivity index (χ0v) is 12.9. The molecule has 1 saturated carbocycles. The number of amides is 1. The number of methoxy groups -OCH3 is 1. The van der Waals surface area contributed by atoms with Crippen molar-refractivity contribution in [3.63, 3.8) is 0 Å². The molecule has 116 valence electrons. The van der Waals surface area contributed by atoms with E-state index in [0.29, 0.717) is 23.9 Å². The van der Waals surface area contributed by atoms with Gasteiger partial charge in [-0.2, -0.15) is 0 Å². The minimum Gasteiger partial charge on any atom is -0.495 e. The van der Waals surface area contributed by atoms with Crippen molar-refractivity contribution in [3.8, 4) is 5.75 Å². The molecule has 0 radical (unpaired) electrons. The standard InChI is InChI=1S/C14H20N2O4S/c1-9-5-11(9)8-16-14(17)7-10-3-4-12(20-2)13(6-10)21(15,18)19/h3-4,6,9,11H,5,7-8H2,1-2H3,(H,16,17)(H2,15,18,19). The topological polar surface area (TPSA) is 98.5 Å². The zero-order chi connectivity index (χ0) is 15.6. The summed E-state index contributed by atoms with van der Waals surface area (Å²) in [5.74, 6) is 1.30. The Morgan fingerprint density at radius 3 is 2.67 bits per heavy atom. The molecule has 1 aliphatic rings. The second-order valence-electron chi connectivity index (χ2n) is 5.48. The highest BCUT2D eigenvalue weighted by Crippen LogP contribution is 2.36. The summed E-state index contributed by atoms with van der Waals surface area (Å²) in [6.07, 6.45) is 1.27. The quantitative estimate of drug-likeness (QED) is 0.806. The first-order valence-corrected chi connectivity index (χ1v) is 8.32. The van der Waals surface area contributed by atoms with Crippen LogP contribution in [0.15, 0.2) is 23.1 Å². The number of primary sulfonamides is 1. The first kappa shape index (κ1) is 15.8. The van der Waals surface area contributed by atoms with Crippen LogP contribution in [0.5, 0.6) is 5.75 Å². The van der Waals surface area contributed by atoms with Crippen LogP contribution in [0.1, 0.15) is 18.9 Å². The third kappa shape index (κ3) is 4.18. The number of nitrogens with one attached hydrogen (secondary N) is 1. The molecule has 0 saturated heterocycles. The zero-order valence-electron chi connectivity index (χ0n) is 12.1. The highest BCUT2D eigenvalue weighted by molar-refractivity contribution is 7.89. The van der Waals surface area contributed by atoms with Crippen molar-refractivity contribution < 1.29 is 17.9 Å². The smallest absolute Gasteiger partial charge is 0.241 e. The summed E-state index contributed by atoms with van der Waals surface area (Å²) in [5.41, 5.74) is 0.584. The lowest BCUT2D eigenvalue weighted by atomic mass is 10.1. The van der Waals surface area contributed by atoms with Gasteiger partial charge in [-0.1, -0.05) is 13.0 Å². The van der Waals surface area contributed by atoms with Crippen molar-refractivity contribution in [3.05, 3.63) is 23.8 Å². The van der Waals surface area contributed by atoms with Crippen LogP contribution in [0, 0.1) is 11.8 Å². The molecular weight excluding hydrogens is 292 g/mol. The van der Waals surface area contributed by atoms with Crippen LogP contribution in [0.25, 0.3) is 0 Å². The number of rotatable bonds is 6. The van der Waals surface area contributed by atoms with Gasteiger partial charge >= 0.3 is 0 Å². The fraction of sp³-hybridized carbons (Fsp3) is 0.500. The highest BCUT2D eigenvalue weighted by Gasteiger charge is 2.32. The Bertz CT molecular complexity index is 642. The van der Waals surface area contributed by atoms with Gasteiger partial charge in [-0.05, 0) is 36.0 Å². The number of nitrogens with two attached hydrogens (primary N) is 1. The SMILES string of the molecule is COc1ccc(CC(=O)NCC2CC2C)cc1S(N)(=O)=O. The minimum atomic E-state index is -3.88. The van der Waals surface area contributed by atoms with Crippen molar-refractivity contribution in [1.82, 2.24) is 5.32 Å². The van der Waals surface area contributed by atoms with E-state index >= 15 is 0 Å². The van der Waals surface area contributed by atoms with Gasteiger partial charge in [-0.15, -0.1) is 0 Å². The van der Waals surface area contributed by atoms with E-state index in [4.69, 9.17) is 9.88 Å². The third-order valence-corrected chi connectivity index (χ3v) is 4.67. The molecule has 1 aromatic carbocycles. The van der Waals surface area contributed by atoms with Crippen LogP contribution >= 0.6 is 0 Å². The second kappa shape index (κ2) is 6.03. The van der Waals surface area contributed by atoms with Gasteiger partial charge in [-0.3, -0.25) is 4.79 Å². The summed E-state index contributed by atoms with van der Waals surface area (Å²) in [4.78, 5) is 11.7. The Hall–Kier alpha value is -1.60. The van der Waals surface area contributed by atoms with Gasteiger partial charge in [0.15, 0.2) is 0 Å². The van der Waals surface area contributed by atoms with Crippen molar-refractivity contribution in [2.75, 3.05) is 13.7 Å². The molecule has 2 rings (SSSR count). The molecule has 1 fully saturated rings.